The summed E-state index contributed by atoms with van der Waals surface area (Å²) >= 11 is 0. The second-order valence-corrected chi connectivity index (χ2v) is 32.2. The number of carboxylic acid groups (broad SMARTS) is 6. The molecule has 0 amide bonds. The van der Waals surface area contributed by atoms with Gasteiger partial charge in [-0.15, -0.1) is 0 Å². The van der Waals surface area contributed by atoms with Gasteiger partial charge in [-0.05, 0) is 77.0 Å². The van der Waals surface area contributed by atoms with E-state index in [1.165, 1.54) is 424 Å². The molecule has 0 spiro atoms. The third kappa shape index (κ3) is 151. The van der Waals surface area contributed by atoms with E-state index in [-0.39, 0.29) is 73.1 Å². The van der Waals surface area contributed by atoms with Crippen molar-refractivity contribution in [3.8, 4) is 0 Å². The van der Waals surface area contributed by atoms with Crippen LogP contribution in [0.3, 0.4) is 0 Å². The van der Waals surface area contributed by atoms with Gasteiger partial charge in [0.1, 0.15) is 0 Å². The minimum absolute atomic E-state index is 0. The van der Waals surface area contributed by atoms with E-state index in [9.17, 15) is 59.4 Å². The van der Waals surface area contributed by atoms with E-state index in [2.05, 4.69) is 41.5 Å². The van der Waals surface area contributed by atoms with Crippen molar-refractivity contribution in [2.24, 2.45) is 0 Å². The molecule has 14 heteroatoms. The molecule has 0 aliphatic carbocycles. The first-order valence-electron chi connectivity index (χ1n) is 47.8. The zero-order valence-corrected chi connectivity index (χ0v) is 77.8. The standard InChI is InChI=1S/6C16H32O2.B.Bi/c6*1-2-3-4-5-6-7-8-9-10-11-12-13-14-15-16(17)18;;/h6*2-15H2,1H3,(H,17,18);;/q;;;;;;2*+3/p-6. The van der Waals surface area contributed by atoms with Crippen LogP contribution in [-0.4, -0.2) is 70.4 Å². The normalized spacial score (nSPS) is 10.5. The Labute approximate surface area is 706 Å². The largest absolute Gasteiger partial charge is 3.00 e. The molecule has 0 heterocycles. The summed E-state index contributed by atoms with van der Waals surface area (Å²) in [7, 11) is 0. The fraction of sp³-hybridized carbons (Fsp3) is 0.938. The van der Waals surface area contributed by atoms with Crippen molar-refractivity contribution in [3.63, 3.8) is 0 Å². The Morgan fingerprint density at radius 1 is 0.127 bits per heavy atom. The molecule has 0 saturated carbocycles. The van der Waals surface area contributed by atoms with Crippen LogP contribution in [0, 0.1) is 0 Å². The van der Waals surface area contributed by atoms with Gasteiger partial charge < -0.3 is 59.4 Å². The summed E-state index contributed by atoms with van der Waals surface area (Å²) in [5.74, 6) is -5.43. The Morgan fingerprint density at radius 3 is 0.236 bits per heavy atom. The molecule has 110 heavy (non-hydrogen) atoms. The van der Waals surface area contributed by atoms with Gasteiger partial charge in [-0.3, -0.25) is 0 Å². The number of carboxylic acids is 6. The number of aliphatic carboxylic acids is 6. The van der Waals surface area contributed by atoms with Gasteiger partial charge in [-0.25, -0.2) is 0 Å². The first kappa shape index (κ1) is 123. The first-order chi connectivity index (χ1) is 52.6. The predicted octanol–water partition coefficient (Wildman–Crippen LogP) is 24.5. The topological polar surface area (TPSA) is 241 Å². The summed E-state index contributed by atoms with van der Waals surface area (Å²) in [5.41, 5.74) is 0. The Morgan fingerprint density at radius 2 is 0.182 bits per heavy atom. The van der Waals surface area contributed by atoms with Crippen LogP contribution in [0.25, 0.3) is 0 Å². The van der Waals surface area contributed by atoms with Crippen molar-refractivity contribution >= 4 is 70.4 Å². The molecule has 0 rings (SSSR count). The average Bonchev–Trinajstić information content (AvgIpc) is 2.18. The van der Waals surface area contributed by atoms with E-state index in [1.807, 2.05) is 0 Å². The molecule has 2 radical (unpaired) electrons. The molecule has 0 bridgehead atoms. The Kier molecular flexibility index (Phi) is 135. The van der Waals surface area contributed by atoms with E-state index >= 15 is 0 Å². The van der Waals surface area contributed by atoms with Crippen molar-refractivity contribution in [2.45, 2.75) is 581 Å². The van der Waals surface area contributed by atoms with Crippen LogP contribution in [-0.2, 0) is 28.8 Å². The van der Waals surface area contributed by atoms with Gasteiger partial charge in [-0.2, -0.15) is 0 Å². The van der Waals surface area contributed by atoms with E-state index in [0.717, 1.165) is 77.0 Å². The van der Waals surface area contributed by atoms with Gasteiger partial charge in [0, 0.05) is 35.8 Å². The molecular formula is C96H186BBiO12. The van der Waals surface area contributed by atoms with E-state index < -0.39 is 35.8 Å². The van der Waals surface area contributed by atoms with Crippen molar-refractivity contribution in [2.75, 3.05) is 0 Å². The number of hydrogen-bond acceptors (Lipinski definition) is 12. The summed E-state index contributed by atoms with van der Waals surface area (Å²) in [6.45, 7) is 13.5. The molecule has 0 N–H and O–H groups in total. The quantitative estimate of drug-likeness (QED) is 0.0408. The maximum Gasteiger partial charge on any atom is 3.00 e. The fourth-order valence-electron chi connectivity index (χ4n) is 13.7. The fourth-order valence-corrected chi connectivity index (χ4v) is 13.7. The molecule has 650 valence electrons. The second kappa shape index (κ2) is 120. The Bertz CT molecular complexity index is 1390. The smallest absolute Gasteiger partial charge is 0.550 e. The van der Waals surface area contributed by atoms with Gasteiger partial charge in [0.25, 0.3) is 0 Å². The Hall–Kier alpha value is -2.23. The van der Waals surface area contributed by atoms with Crippen LogP contribution in [0.4, 0.5) is 0 Å². The van der Waals surface area contributed by atoms with Gasteiger partial charge in [0.15, 0.2) is 0 Å². The molecule has 0 saturated heterocycles. The van der Waals surface area contributed by atoms with Crippen molar-refractivity contribution in [3.05, 3.63) is 0 Å². The molecule has 0 fully saturated rings. The monoisotopic (exact) mass is 1750 g/mol. The third-order valence-corrected chi connectivity index (χ3v) is 20.9. The van der Waals surface area contributed by atoms with Crippen LogP contribution in [0.15, 0.2) is 0 Å². The van der Waals surface area contributed by atoms with E-state index in [1.54, 1.807) is 0 Å². The molecule has 0 aromatic heterocycles. The van der Waals surface area contributed by atoms with Crippen molar-refractivity contribution < 1.29 is 59.4 Å². The van der Waals surface area contributed by atoms with Gasteiger partial charge in [-0.1, -0.05) is 504 Å². The summed E-state index contributed by atoms with van der Waals surface area (Å²) in [5, 5.41) is 61.1. The minimum atomic E-state index is -0.905. The van der Waals surface area contributed by atoms with Crippen LogP contribution in [0.1, 0.15) is 581 Å². The number of rotatable bonds is 84. The van der Waals surface area contributed by atoms with Crippen LogP contribution in [0.5, 0.6) is 0 Å². The zero-order chi connectivity index (χ0) is 80.9. The molecule has 0 aromatic carbocycles. The summed E-state index contributed by atoms with van der Waals surface area (Å²) in [6, 6.07) is 0. The number of unbranched alkanes of at least 4 members (excludes halogenated alkanes) is 72. The SMILES string of the molecule is CCCCCCCCCCCCCCCC(=O)[O-].CCCCCCCCCCCCCCCC(=O)[O-].CCCCCCCCCCCCCCCC(=O)[O-].CCCCCCCCCCCCCCCC(=O)[O-].CCCCCCCCCCCCCCCC(=O)[O-].CCCCCCCCCCCCCCCC(=O)[O-].[B+3].[Bi+3]. The van der Waals surface area contributed by atoms with Crippen molar-refractivity contribution in [1.82, 2.24) is 0 Å². The summed E-state index contributed by atoms with van der Waals surface area (Å²) in [6.07, 6.45) is 102. The van der Waals surface area contributed by atoms with Crippen LogP contribution < -0.4 is 30.6 Å². The number of carbonyl (C=O) groups is 6. The van der Waals surface area contributed by atoms with Crippen LogP contribution in [0.2, 0.25) is 0 Å². The van der Waals surface area contributed by atoms with Crippen LogP contribution >= 0.6 is 0 Å². The number of hydrogen-bond donors (Lipinski definition) is 0. The molecule has 0 unspecified atom stereocenters. The van der Waals surface area contributed by atoms with Crippen molar-refractivity contribution in [1.29, 1.82) is 0 Å². The van der Waals surface area contributed by atoms with Gasteiger partial charge >= 0.3 is 34.6 Å². The molecule has 0 aliphatic rings. The maximum absolute atomic E-state index is 10.2. The maximum atomic E-state index is 10.2. The van der Waals surface area contributed by atoms with E-state index in [0.29, 0.717) is 0 Å². The van der Waals surface area contributed by atoms with Gasteiger partial charge in [0.2, 0.25) is 0 Å². The molecular weight excluding hydrogens is 1560 g/mol. The Balaban J connectivity index is -0.000000188. The summed E-state index contributed by atoms with van der Waals surface area (Å²) in [4.78, 5) is 61.1. The molecule has 0 aliphatic heterocycles. The van der Waals surface area contributed by atoms with Gasteiger partial charge in [0.05, 0.1) is 0 Å². The zero-order valence-electron chi connectivity index (χ0n) is 74.3. The average molecular weight is 1750 g/mol. The number of carbonyl (C=O) groups excluding carboxylic acids is 6. The first-order valence-corrected chi connectivity index (χ1v) is 47.8. The third-order valence-electron chi connectivity index (χ3n) is 20.9. The summed E-state index contributed by atoms with van der Waals surface area (Å²) < 4.78 is 0. The predicted molar refractivity (Wildman–Crippen MR) is 463 cm³/mol. The minimum Gasteiger partial charge on any atom is -0.550 e. The second-order valence-electron chi connectivity index (χ2n) is 32.2. The molecule has 0 atom stereocenters. The molecule has 0 aromatic rings. The molecule has 12 nitrogen and oxygen atoms in total. The van der Waals surface area contributed by atoms with E-state index in [4.69, 9.17) is 0 Å².